The van der Waals surface area contributed by atoms with Gasteiger partial charge in [-0.25, -0.2) is 12.8 Å². The molecule has 1 aliphatic rings. The molecule has 2 rings (SSSR count). The molecule has 0 unspecified atom stereocenters. The van der Waals surface area contributed by atoms with Crippen molar-refractivity contribution < 1.29 is 12.8 Å². The van der Waals surface area contributed by atoms with Gasteiger partial charge >= 0.3 is 0 Å². The first-order valence-electron chi connectivity index (χ1n) is 10.4. The molecule has 2 N–H and O–H groups in total. The fourth-order valence-electron chi connectivity index (χ4n) is 3.82. The monoisotopic (exact) mass is 554 g/mol. The highest BCUT2D eigenvalue weighted by Crippen LogP contribution is 2.21. The molecule has 0 heterocycles. The number of aliphatic imine (C=N–C) groups is 1. The minimum absolute atomic E-state index is 0. The van der Waals surface area contributed by atoms with Gasteiger partial charge in [0.15, 0.2) is 15.8 Å². The summed E-state index contributed by atoms with van der Waals surface area (Å²) in [4.78, 5) is 6.66. The zero-order chi connectivity index (χ0) is 21.3. The van der Waals surface area contributed by atoms with E-state index in [0.717, 1.165) is 19.5 Å². The van der Waals surface area contributed by atoms with Gasteiger partial charge in [0.1, 0.15) is 5.82 Å². The average Bonchev–Trinajstić information content (AvgIpc) is 2.68. The first-order valence-corrected chi connectivity index (χ1v) is 12.4. The number of nitrogens with zero attached hydrogens (tertiary/aromatic N) is 2. The SMILES string of the molecule is CN=C(NCCCN(C)C1CCCCC1)NCc1cc(F)ccc1CS(C)(=O)=O.I. The zero-order valence-electron chi connectivity index (χ0n) is 18.3. The fraction of sp³-hybridized carbons (Fsp3) is 0.667. The van der Waals surface area contributed by atoms with Gasteiger partial charge in [-0.15, -0.1) is 24.0 Å². The predicted octanol–water partition coefficient (Wildman–Crippen LogP) is 3.31. The Morgan fingerprint density at radius 1 is 1.20 bits per heavy atom. The molecule has 0 bridgehead atoms. The second kappa shape index (κ2) is 13.5. The molecule has 0 spiro atoms. The lowest BCUT2D eigenvalue weighted by Crippen LogP contribution is -2.39. The van der Waals surface area contributed by atoms with Crippen molar-refractivity contribution in [3.63, 3.8) is 0 Å². The minimum atomic E-state index is -3.19. The number of nitrogens with one attached hydrogen (secondary N) is 2. The maximum absolute atomic E-state index is 13.6. The summed E-state index contributed by atoms with van der Waals surface area (Å²) in [5.74, 6) is 0.136. The summed E-state index contributed by atoms with van der Waals surface area (Å²) < 4.78 is 36.9. The van der Waals surface area contributed by atoms with Gasteiger partial charge in [-0.3, -0.25) is 4.99 Å². The summed E-state index contributed by atoms with van der Waals surface area (Å²) in [6.45, 7) is 2.14. The second-order valence-electron chi connectivity index (χ2n) is 7.96. The summed E-state index contributed by atoms with van der Waals surface area (Å²) in [5, 5.41) is 6.43. The lowest BCUT2D eigenvalue weighted by Gasteiger charge is -2.31. The van der Waals surface area contributed by atoms with Crippen molar-refractivity contribution in [3.8, 4) is 0 Å². The van der Waals surface area contributed by atoms with Crippen LogP contribution < -0.4 is 10.6 Å². The van der Waals surface area contributed by atoms with E-state index in [0.29, 0.717) is 29.7 Å². The van der Waals surface area contributed by atoms with E-state index in [9.17, 15) is 12.8 Å². The standard InChI is InChI=1S/C21H35FN4O2S.HI/c1-23-21(24-12-7-13-26(2)20-8-5-4-6-9-20)25-15-18-14-19(22)11-10-17(18)16-29(3,27)28;/h10-11,14,20H,4-9,12-13,15-16H2,1-3H3,(H2,23,24,25);1H. The molecule has 0 aliphatic heterocycles. The normalized spacial score (nSPS) is 15.7. The Bertz CT molecular complexity index is 783. The number of guanidine groups is 1. The van der Waals surface area contributed by atoms with Crippen molar-refractivity contribution in [2.75, 3.05) is 33.4 Å². The number of hydrogen-bond donors (Lipinski definition) is 2. The Balaban J connectivity index is 0.00000450. The van der Waals surface area contributed by atoms with E-state index in [1.807, 2.05) is 0 Å². The highest BCUT2D eigenvalue weighted by atomic mass is 127. The molecular formula is C21H36FIN4O2S. The van der Waals surface area contributed by atoms with Crippen molar-refractivity contribution in [3.05, 3.63) is 35.1 Å². The Kier molecular flexibility index (Phi) is 12.2. The molecule has 1 aromatic carbocycles. The van der Waals surface area contributed by atoms with Gasteiger partial charge in [0.25, 0.3) is 0 Å². The van der Waals surface area contributed by atoms with Crippen LogP contribution in [0.3, 0.4) is 0 Å². The lowest BCUT2D eigenvalue weighted by atomic mass is 9.94. The van der Waals surface area contributed by atoms with Crippen molar-refractivity contribution >= 4 is 39.8 Å². The van der Waals surface area contributed by atoms with Crippen molar-refractivity contribution in [1.82, 2.24) is 15.5 Å². The molecule has 0 amide bonds. The van der Waals surface area contributed by atoms with Crippen LogP contribution in [0, 0.1) is 5.82 Å². The zero-order valence-corrected chi connectivity index (χ0v) is 21.4. The molecular weight excluding hydrogens is 518 g/mol. The molecule has 1 aromatic rings. The summed E-state index contributed by atoms with van der Waals surface area (Å²) >= 11 is 0. The van der Waals surface area contributed by atoms with Gasteiger partial charge < -0.3 is 15.5 Å². The molecule has 0 radical (unpaired) electrons. The van der Waals surface area contributed by atoms with Crippen LogP contribution in [0.4, 0.5) is 4.39 Å². The van der Waals surface area contributed by atoms with Gasteiger partial charge in [0.2, 0.25) is 0 Å². The van der Waals surface area contributed by atoms with E-state index in [-0.39, 0.29) is 35.5 Å². The average molecular weight is 555 g/mol. The number of sulfone groups is 1. The van der Waals surface area contributed by atoms with Crippen LogP contribution in [0.2, 0.25) is 0 Å². The van der Waals surface area contributed by atoms with E-state index in [1.54, 1.807) is 7.05 Å². The quantitative estimate of drug-likeness (QED) is 0.212. The van der Waals surface area contributed by atoms with Crippen molar-refractivity contribution in [2.24, 2.45) is 4.99 Å². The lowest BCUT2D eigenvalue weighted by molar-refractivity contribution is 0.190. The van der Waals surface area contributed by atoms with Gasteiger partial charge in [0.05, 0.1) is 5.75 Å². The van der Waals surface area contributed by atoms with Crippen LogP contribution in [-0.2, 0) is 22.1 Å². The molecule has 9 heteroatoms. The maximum Gasteiger partial charge on any atom is 0.191 e. The van der Waals surface area contributed by atoms with Crippen LogP contribution in [0.25, 0.3) is 0 Å². The van der Waals surface area contributed by atoms with Crippen LogP contribution in [0.15, 0.2) is 23.2 Å². The molecule has 0 atom stereocenters. The Labute approximate surface area is 198 Å². The Hall–Kier alpha value is -0.940. The van der Waals surface area contributed by atoms with Gasteiger partial charge in [-0.05, 0) is 56.1 Å². The van der Waals surface area contributed by atoms with E-state index < -0.39 is 9.84 Å². The molecule has 1 fully saturated rings. The Morgan fingerprint density at radius 3 is 2.53 bits per heavy atom. The van der Waals surface area contributed by atoms with Gasteiger partial charge in [0, 0.05) is 32.4 Å². The third-order valence-electron chi connectivity index (χ3n) is 5.43. The molecule has 30 heavy (non-hydrogen) atoms. The predicted molar refractivity (Wildman–Crippen MR) is 133 cm³/mol. The molecule has 0 saturated heterocycles. The fourth-order valence-corrected chi connectivity index (χ4v) is 4.67. The van der Waals surface area contributed by atoms with Gasteiger partial charge in [-0.2, -0.15) is 0 Å². The summed E-state index contributed by atoms with van der Waals surface area (Å²) in [5.41, 5.74) is 1.22. The maximum atomic E-state index is 13.6. The molecule has 0 aromatic heterocycles. The third-order valence-corrected chi connectivity index (χ3v) is 6.27. The molecule has 1 aliphatic carbocycles. The second-order valence-corrected chi connectivity index (χ2v) is 10.1. The molecule has 1 saturated carbocycles. The van der Waals surface area contributed by atoms with Crippen molar-refractivity contribution in [1.29, 1.82) is 0 Å². The number of hydrogen-bond acceptors (Lipinski definition) is 4. The van der Waals surface area contributed by atoms with Crippen molar-refractivity contribution in [2.45, 2.75) is 56.9 Å². The van der Waals surface area contributed by atoms with E-state index >= 15 is 0 Å². The number of halogens is 2. The van der Waals surface area contributed by atoms with Crippen LogP contribution in [-0.4, -0.2) is 58.8 Å². The minimum Gasteiger partial charge on any atom is -0.356 e. The largest absolute Gasteiger partial charge is 0.356 e. The Morgan fingerprint density at radius 2 is 1.90 bits per heavy atom. The van der Waals surface area contributed by atoms with Crippen LogP contribution >= 0.6 is 24.0 Å². The van der Waals surface area contributed by atoms with E-state index in [4.69, 9.17) is 0 Å². The summed E-state index contributed by atoms with van der Waals surface area (Å²) in [7, 11) is 0.699. The van der Waals surface area contributed by atoms with E-state index in [2.05, 4.69) is 27.6 Å². The summed E-state index contributed by atoms with van der Waals surface area (Å²) in [6.07, 6.45) is 8.83. The topological polar surface area (TPSA) is 73.8 Å². The molecule has 172 valence electrons. The smallest absolute Gasteiger partial charge is 0.191 e. The van der Waals surface area contributed by atoms with Crippen LogP contribution in [0.5, 0.6) is 0 Å². The number of rotatable bonds is 9. The first kappa shape index (κ1) is 27.1. The first-order chi connectivity index (χ1) is 13.8. The van der Waals surface area contributed by atoms with Crippen LogP contribution in [0.1, 0.15) is 49.7 Å². The number of benzene rings is 1. The molecule has 6 nitrogen and oxygen atoms in total. The highest BCUT2D eigenvalue weighted by molar-refractivity contribution is 14.0. The van der Waals surface area contributed by atoms with Gasteiger partial charge in [-0.1, -0.05) is 25.3 Å². The highest BCUT2D eigenvalue weighted by Gasteiger charge is 2.17. The summed E-state index contributed by atoms with van der Waals surface area (Å²) in [6, 6.07) is 4.91. The van der Waals surface area contributed by atoms with E-state index in [1.165, 1.54) is 56.6 Å². The third kappa shape index (κ3) is 9.91.